The van der Waals surface area contributed by atoms with E-state index in [1.165, 1.54) is 12.0 Å². The van der Waals surface area contributed by atoms with Gasteiger partial charge in [-0.1, -0.05) is 33.3 Å². The van der Waals surface area contributed by atoms with Gasteiger partial charge in [0.25, 0.3) is 0 Å². The van der Waals surface area contributed by atoms with Gasteiger partial charge in [-0.3, -0.25) is 0 Å². The number of hydrogen-bond acceptors (Lipinski definition) is 2. The maximum absolute atomic E-state index is 11.3. The molecule has 1 N–H and O–H groups in total. The molecule has 0 saturated heterocycles. The molecule has 2 nitrogen and oxygen atoms in total. The molecule has 3 heteroatoms. The maximum atomic E-state index is 11.3. The summed E-state index contributed by atoms with van der Waals surface area (Å²) in [5.74, 6) is 2.34. The molecule has 0 radical (unpaired) electrons. The molecule has 1 aliphatic carbocycles. The number of halogens is 1. The molecule has 0 amide bonds. The van der Waals surface area contributed by atoms with Gasteiger partial charge in [0.1, 0.15) is 5.75 Å². The summed E-state index contributed by atoms with van der Waals surface area (Å²) in [6.45, 7) is 6.72. The third kappa shape index (κ3) is 3.81. The predicted molar refractivity (Wildman–Crippen MR) is 90.7 cm³/mol. The van der Waals surface area contributed by atoms with Crippen LogP contribution in [-0.4, -0.2) is 17.8 Å². The average Bonchev–Trinajstić information content (AvgIpc) is 2.37. The van der Waals surface area contributed by atoms with Crippen LogP contribution in [0.1, 0.15) is 45.6 Å². The van der Waals surface area contributed by atoms with Crippen LogP contribution in [0, 0.1) is 17.8 Å². The Morgan fingerprint density at radius 1 is 1.38 bits per heavy atom. The van der Waals surface area contributed by atoms with E-state index in [0.717, 1.165) is 29.5 Å². The molecule has 3 unspecified atom stereocenters. The fourth-order valence-corrected chi connectivity index (χ4v) is 4.51. The van der Waals surface area contributed by atoms with Crippen LogP contribution in [0.5, 0.6) is 5.75 Å². The Morgan fingerprint density at radius 2 is 2.10 bits per heavy atom. The summed E-state index contributed by atoms with van der Waals surface area (Å²) in [5.41, 5.74) is 0.588. The monoisotopic (exact) mass is 354 g/mol. The minimum Gasteiger partial charge on any atom is -0.496 e. The molecule has 1 saturated carbocycles. The molecular weight excluding hydrogens is 328 g/mol. The van der Waals surface area contributed by atoms with Crippen LogP contribution in [-0.2, 0) is 6.42 Å². The molecule has 1 aliphatic rings. The highest BCUT2D eigenvalue weighted by molar-refractivity contribution is 9.10. The Kier molecular flexibility index (Phi) is 5.37. The Hall–Kier alpha value is -0.540. The van der Waals surface area contributed by atoms with Gasteiger partial charge >= 0.3 is 0 Å². The van der Waals surface area contributed by atoms with Gasteiger partial charge in [0.15, 0.2) is 0 Å². The molecule has 0 aromatic heterocycles. The van der Waals surface area contributed by atoms with Crippen LogP contribution >= 0.6 is 15.9 Å². The van der Waals surface area contributed by atoms with Crippen molar-refractivity contribution in [3.8, 4) is 5.75 Å². The zero-order chi connectivity index (χ0) is 15.6. The number of aliphatic hydroxyl groups is 1. The van der Waals surface area contributed by atoms with E-state index in [9.17, 15) is 5.11 Å². The fraction of sp³-hybridized carbons (Fsp3) is 0.667. The number of hydrogen-bond donors (Lipinski definition) is 1. The van der Waals surface area contributed by atoms with Crippen molar-refractivity contribution >= 4 is 15.9 Å². The first-order valence-corrected chi connectivity index (χ1v) is 8.70. The maximum Gasteiger partial charge on any atom is 0.133 e. The molecule has 3 atom stereocenters. The smallest absolute Gasteiger partial charge is 0.133 e. The molecule has 21 heavy (non-hydrogen) atoms. The lowest BCUT2D eigenvalue weighted by atomic mass is 9.65. The van der Waals surface area contributed by atoms with E-state index < -0.39 is 5.60 Å². The average molecular weight is 355 g/mol. The molecule has 0 heterocycles. The second-order valence-electron chi connectivity index (χ2n) is 6.99. The molecular formula is C18H27BrO2. The highest BCUT2D eigenvalue weighted by atomic mass is 79.9. The largest absolute Gasteiger partial charge is 0.496 e. The Bertz CT molecular complexity index is 486. The quantitative estimate of drug-likeness (QED) is 0.839. The van der Waals surface area contributed by atoms with Crippen molar-refractivity contribution in [2.24, 2.45) is 17.8 Å². The van der Waals surface area contributed by atoms with Gasteiger partial charge in [-0.05, 0) is 64.2 Å². The van der Waals surface area contributed by atoms with E-state index in [2.05, 4.69) is 48.8 Å². The number of rotatable bonds is 4. The first-order chi connectivity index (χ1) is 9.85. The number of ether oxygens (including phenoxy) is 1. The van der Waals surface area contributed by atoms with Crippen molar-refractivity contribution in [1.29, 1.82) is 0 Å². The summed E-state index contributed by atoms with van der Waals surface area (Å²) in [6, 6.07) is 6.12. The van der Waals surface area contributed by atoms with Crippen molar-refractivity contribution < 1.29 is 9.84 Å². The van der Waals surface area contributed by atoms with Gasteiger partial charge in [0, 0.05) is 6.42 Å². The standard InChI is InChI=1S/C18H27BrO2/c1-12(2)15-7-5-13(3)10-18(15,20)11-14-6-8-17(21-4)16(19)9-14/h6,8-9,12-13,15,20H,5,7,10-11H2,1-4H3. The van der Waals surface area contributed by atoms with Crippen molar-refractivity contribution in [3.05, 3.63) is 28.2 Å². The Morgan fingerprint density at radius 3 is 2.67 bits per heavy atom. The fourth-order valence-electron chi connectivity index (χ4n) is 3.92. The SMILES string of the molecule is COc1ccc(CC2(O)CC(C)CCC2C(C)C)cc1Br. The lowest BCUT2D eigenvalue weighted by Gasteiger charge is -2.45. The van der Waals surface area contributed by atoms with Gasteiger partial charge in [-0.15, -0.1) is 0 Å². The van der Waals surface area contributed by atoms with Crippen LogP contribution in [0.25, 0.3) is 0 Å². The van der Waals surface area contributed by atoms with E-state index in [1.807, 2.05) is 6.07 Å². The highest BCUT2D eigenvalue weighted by Crippen LogP contribution is 2.43. The molecule has 1 aromatic carbocycles. The van der Waals surface area contributed by atoms with E-state index in [-0.39, 0.29) is 0 Å². The molecule has 0 spiro atoms. The second kappa shape index (κ2) is 6.70. The van der Waals surface area contributed by atoms with Gasteiger partial charge in [-0.25, -0.2) is 0 Å². The predicted octanol–water partition coefficient (Wildman–Crippen LogP) is 4.82. The topological polar surface area (TPSA) is 29.5 Å². The lowest BCUT2D eigenvalue weighted by Crippen LogP contribution is -2.47. The van der Waals surface area contributed by atoms with Crippen molar-refractivity contribution in [2.75, 3.05) is 7.11 Å². The minimum absolute atomic E-state index is 0.384. The molecule has 2 rings (SSSR count). The Labute approximate surface area is 137 Å². The van der Waals surface area contributed by atoms with Crippen molar-refractivity contribution in [1.82, 2.24) is 0 Å². The normalized spacial score (nSPS) is 29.7. The van der Waals surface area contributed by atoms with Gasteiger partial charge in [0.05, 0.1) is 17.2 Å². The Balaban J connectivity index is 2.23. The third-order valence-electron chi connectivity index (χ3n) is 4.89. The number of methoxy groups -OCH3 is 1. The van der Waals surface area contributed by atoms with E-state index >= 15 is 0 Å². The number of benzene rings is 1. The van der Waals surface area contributed by atoms with Gasteiger partial charge in [-0.2, -0.15) is 0 Å². The van der Waals surface area contributed by atoms with E-state index in [1.54, 1.807) is 7.11 Å². The van der Waals surface area contributed by atoms with Crippen LogP contribution in [0.4, 0.5) is 0 Å². The second-order valence-corrected chi connectivity index (χ2v) is 7.84. The summed E-state index contributed by atoms with van der Waals surface area (Å²) in [4.78, 5) is 0. The van der Waals surface area contributed by atoms with Crippen LogP contribution < -0.4 is 4.74 Å². The van der Waals surface area contributed by atoms with E-state index in [0.29, 0.717) is 17.8 Å². The van der Waals surface area contributed by atoms with Crippen LogP contribution in [0.15, 0.2) is 22.7 Å². The first kappa shape index (κ1) is 16.8. The summed E-state index contributed by atoms with van der Waals surface area (Å²) in [7, 11) is 1.67. The minimum atomic E-state index is -0.583. The third-order valence-corrected chi connectivity index (χ3v) is 5.51. The van der Waals surface area contributed by atoms with Crippen molar-refractivity contribution in [2.45, 2.75) is 52.1 Å². The first-order valence-electron chi connectivity index (χ1n) is 7.90. The molecule has 118 valence electrons. The molecule has 0 bridgehead atoms. The molecule has 1 fully saturated rings. The zero-order valence-electron chi connectivity index (χ0n) is 13.5. The van der Waals surface area contributed by atoms with Gasteiger partial charge in [0.2, 0.25) is 0 Å². The van der Waals surface area contributed by atoms with Crippen molar-refractivity contribution in [3.63, 3.8) is 0 Å². The summed E-state index contributed by atoms with van der Waals surface area (Å²) >= 11 is 3.54. The lowest BCUT2D eigenvalue weighted by molar-refractivity contribution is -0.0795. The zero-order valence-corrected chi connectivity index (χ0v) is 15.1. The van der Waals surface area contributed by atoms with Gasteiger partial charge < -0.3 is 9.84 Å². The summed E-state index contributed by atoms with van der Waals surface area (Å²) < 4.78 is 6.24. The summed E-state index contributed by atoms with van der Waals surface area (Å²) in [5, 5.41) is 11.3. The van der Waals surface area contributed by atoms with Crippen LogP contribution in [0.2, 0.25) is 0 Å². The van der Waals surface area contributed by atoms with E-state index in [4.69, 9.17) is 4.74 Å². The molecule has 1 aromatic rings. The molecule has 0 aliphatic heterocycles. The van der Waals surface area contributed by atoms with Crippen LogP contribution in [0.3, 0.4) is 0 Å². The summed E-state index contributed by atoms with van der Waals surface area (Å²) in [6.07, 6.45) is 3.99. The highest BCUT2D eigenvalue weighted by Gasteiger charge is 2.42.